The molecular formula is C10H12O2S. The Labute approximate surface area is 83.3 Å². The summed E-state index contributed by atoms with van der Waals surface area (Å²) in [6.45, 7) is 0.384. The van der Waals surface area contributed by atoms with Crippen molar-refractivity contribution >= 4 is 18.6 Å². The summed E-state index contributed by atoms with van der Waals surface area (Å²) in [6, 6.07) is 9.54. The van der Waals surface area contributed by atoms with Crippen molar-refractivity contribution in [3.63, 3.8) is 0 Å². The molecule has 0 saturated carbocycles. The molecule has 0 bridgehead atoms. The smallest absolute Gasteiger partial charge is 0.310 e. The first-order valence-corrected chi connectivity index (χ1v) is 4.76. The first kappa shape index (κ1) is 10.1. The number of hydrogen-bond donors (Lipinski definition) is 1. The molecule has 3 heteroatoms. The summed E-state index contributed by atoms with van der Waals surface area (Å²) in [5, 5.41) is 0. The van der Waals surface area contributed by atoms with Crippen molar-refractivity contribution in [3.8, 4) is 0 Å². The minimum atomic E-state index is -0.194. The van der Waals surface area contributed by atoms with Gasteiger partial charge in [-0.3, -0.25) is 4.79 Å². The molecule has 0 unspecified atom stereocenters. The molecule has 0 aliphatic heterocycles. The number of hydrogen-bond acceptors (Lipinski definition) is 3. The minimum absolute atomic E-state index is 0.194. The average molecular weight is 196 g/mol. The number of thiol groups is 1. The number of benzene rings is 1. The van der Waals surface area contributed by atoms with Crippen molar-refractivity contribution in [1.29, 1.82) is 0 Å². The number of carbonyl (C=O) groups excluding carboxylic acids is 1. The summed E-state index contributed by atoms with van der Waals surface area (Å²) >= 11 is 3.94. The Morgan fingerprint density at radius 3 is 2.62 bits per heavy atom. The first-order valence-electron chi connectivity index (χ1n) is 4.13. The highest BCUT2D eigenvalue weighted by atomic mass is 32.1. The highest BCUT2D eigenvalue weighted by Crippen LogP contribution is 2.00. The number of rotatable bonds is 4. The van der Waals surface area contributed by atoms with E-state index in [0.717, 1.165) is 5.56 Å². The Hall–Kier alpha value is -0.960. The SMILES string of the molecule is O=C(Cc1ccccc1)OCCS. The molecule has 0 atom stereocenters. The van der Waals surface area contributed by atoms with Gasteiger partial charge in [0.05, 0.1) is 6.42 Å². The van der Waals surface area contributed by atoms with Gasteiger partial charge in [0, 0.05) is 5.75 Å². The molecule has 13 heavy (non-hydrogen) atoms. The molecule has 0 radical (unpaired) electrons. The van der Waals surface area contributed by atoms with Crippen molar-refractivity contribution in [2.24, 2.45) is 0 Å². The Kier molecular flexibility index (Phi) is 4.40. The molecule has 2 nitrogen and oxygen atoms in total. The van der Waals surface area contributed by atoms with Crippen molar-refractivity contribution in [2.75, 3.05) is 12.4 Å². The van der Waals surface area contributed by atoms with E-state index >= 15 is 0 Å². The quantitative estimate of drug-likeness (QED) is 0.586. The highest BCUT2D eigenvalue weighted by Gasteiger charge is 2.02. The highest BCUT2D eigenvalue weighted by molar-refractivity contribution is 7.80. The lowest BCUT2D eigenvalue weighted by Gasteiger charge is -2.02. The van der Waals surface area contributed by atoms with Crippen LogP contribution in [-0.4, -0.2) is 18.3 Å². The molecule has 0 spiro atoms. The van der Waals surface area contributed by atoms with Crippen molar-refractivity contribution < 1.29 is 9.53 Å². The second kappa shape index (κ2) is 5.65. The number of esters is 1. The van der Waals surface area contributed by atoms with Gasteiger partial charge in [0.25, 0.3) is 0 Å². The molecule has 0 aliphatic carbocycles. The Morgan fingerprint density at radius 2 is 2.00 bits per heavy atom. The van der Waals surface area contributed by atoms with E-state index < -0.39 is 0 Å². The topological polar surface area (TPSA) is 26.3 Å². The van der Waals surface area contributed by atoms with Crippen LogP contribution in [0.5, 0.6) is 0 Å². The van der Waals surface area contributed by atoms with Gasteiger partial charge in [-0.15, -0.1) is 0 Å². The lowest BCUT2D eigenvalue weighted by atomic mass is 10.2. The van der Waals surface area contributed by atoms with E-state index in [1.54, 1.807) is 0 Å². The predicted octanol–water partition coefficient (Wildman–Crippen LogP) is 1.70. The maximum Gasteiger partial charge on any atom is 0.310 e. The Morgan fingerprint density at radius 1 is 1.31 bits per heavy atom. The van der Waals surface area contributed by atoms with E-state index in [-0.39, 0.29) is 5.97 Å². The van der Waals surface area contributed by atoms with Crippen molar-refractivity contribution in [3.05, 3.63) is 35.9 Å². The lowest BCUT2D eigenvalue weighted by molar-refractivity contribution is -0.142. The normalized spacial score (nSPS) is 9.62. The summed E-state index contributed by atoms with van der Waals surface area (Å²) in [4.78, 5) is 11.1. The van der Waals surface area contributed by atoms with Crippen LogP contribution in [-0.2, 0) is 16.0 Å². The van der Waals surface area contributed by atoms with Crippen LogP contribution in [0.2, 0.25) is 0 Å². The molecule has 1 aromatic rings. The zero-order valence-corrected chi connectivity index (χ0v) is 8.17. The molecule has 1 aromatic carbocycles. The van der Waals surface area contributed by atoms with Gasteiger partial charge >= 0.3 is 5.97 Å². The van der Waals surface area contributed by atoms with Crippen LogP contribution in [0.25, 0.3) is 0 Å². The molecule has 0 heterocycles. The van der Waals surface area contributed by atoms with Gasteiger partial charge in [-0.25, -0.2) is 0 Å². The molecule has 0 amide bonds. The zero-order chi connectivity index (χ0) is 9.52. The third-order valence-corrected chi connectivity index (χ3v) is 1.73. The minimum Gasteiger partial charge on any atom is -0.465 e. The molecule has 0 N–H and O–H groups in total. The Balaban J connectivity index is 2.37. The van der Waals surface area contributed by atoms with Gasteiger partial charge in [-0.1, -0.05) is 30.3 Å². The Bertz CT molecular complexity index is 259. The number of ether oxygens (including phenoxy) is 1. The largest absolute Gasteiger partial charge is 0.465 e. The molecule has 70 valence electrons. The van der Waals surface area contributed by atoms with Gasteiger partial charge in [-0.2, -0.15) is 12.6 Å². The summed E-state index contributed by atoms with van der Waals surface area (Å²) < 4.78 is 4.88. The molecular weight excluding hydrogens is 184 g/mol. The monoisotopic (exact) mass is 196 g/mol. The maximum atomic E-state index is 11.1. The summed E-state index contributed by atoms with van der Waals surface area (Å²) in [6.07, 6.45) is 0.342. The van der Waals surface area contributed by atoms with E-state index in [9.17, 15) is 4.79 Å². The first-order chi connectivity index (χ1) is 6.33. The van der Waals surface area contributed by atoms with Gasteiger partial charge in [0.1, 0.15) is 6.61 Å². The van der Waals surface area contributed by atoms with E-state index in [0.29, 0.717) is 18.8 Å². The van der Waals surface area contributed by atoms with Crippen LogP contribution in [0.15, 0.2) is 30.3 Å². The van der Waals surface area contributed by atoms with Crippen LogP contribution in [0.4, 0.5) is 0 Å². The summed E-state index contributed by atoms with van der Waals surface area (Å²) in [7, 11) is 0. The fourth-order valence-corrected chi connectivity index (χ4v) is 1.06. The van der Waals surface area contributed by atoms with Crippen LogP contribution in [0, 0.1) is 0 Å². The van der Waals surface area contributed by atoms with Gasteiger partial charge in [0.15, 0.2) is 0 Å². The lowest BCUT2D eigenvalue weighted by Crippen LogP contribution is -2.09. The third-order valence-electron chi connectivity index (χ3n) is 1.55. The second-order valence-corrected chi connectivity index (χ2v) is 3.05. The third kappa shape index (κ3) is 3.99. The molecule has 0 fully saturated rings. The van der Waals surface area contributed by atoms with Crippen LogP contribution in [0.3, 0.4) is 0 Å². The summed E-state index contributed by atoms with van der Waals surface area (Å²) in [5.74, 6) is 0.376. The van der Waals surface area contributed by atoms with Gasteiger partial charge < -0.3 is 4.74 Å². The summed E-state index contributed by atoms with van der Waals surface area (Å²) in [5.41, 5.74) is 0.978. The van der Waals surface area contributed by atoms with E-state index in [1.807, 2.05) is 30.3 Å². The van der Waals surface area contributed by atoms with Crippen LogP contribution < -0.4 is 0 Å². The van der Waals surface area contributed by atoms with Crippen molar-refractivity contribution in [1.82, 2.24) is 0 Å². The molecule has 0 aliphatic rings. The van der Waals surface area contributed by atoms with Gasteiger partial charge in [-0.05, 0) is 5.56 Å². The molecule has 1 rings (SSSR count). The maximum absolute atomic E-state index is 11.1. The van der Waals surface area contributed by atoms with Gasteiger partial charge in [0.2, 0.25) is 0 Å². The van der Waals surface area contributed by atoms with Crippen LogP contribution in [0.1, 0.15) is 5.56 Å². The van der Waals surface area contributed by atoms with E-state index in [2.05, 4.69) is 12.6 Å². The zero-order valence-electron chi connectivity index (χ0n) is 7.27. The second-order valence-electron chi connectivity index (χ2n) is 2.61. The van der Waals surface area contributed by atoms with Crippen LogP contribution >= 0.6 is 12.6 Å². The standard InChI is InChI=1S/C10H12O2S/c11-10(12-6-7-13)8-9-4-2-1-3-5-9/h1-5,13H,6-8H2. The fraction of sp³-hybridized carbons (Fsp3) is 0.300. The molecule has 0 saturated heterocycles. The molecule has 0 aromatic heterocycles. The van der Waals surface area contributed by atoms with Crippen molar-refractivity contribution in [2.45, 2.75) is 6.42 Å². The number of carbonyl (C=O) groups is 1. The average Bonchev–Trinajstić information content (AvgIpc) is 2.16. The van der Waals surface area contributed by atoms with E-state index in [4.69, 9.17) is 4.74 Å². The predicted molar refractivity (Wildman–Crippen MR) is 55.0 cm³/mol. The van der Waals surface area contributed by atoms with E-state index in [1.165, 1.54) is 0 Å². The fourth-order valence-electron chi connectivity index (χ4n) is 0.973.